The third-order valence-electron chi connectivity index (χ3n) is 3.75. The van der Waals surface area contributed by atoms with E-state index in [1.54, 1.807) is 17.4 Å². The van der Waals surface area contributed by atoms with Gasteiger partial charge in [-0.25, -0.2) is 4.98 Å². The predicted molar refractivity (Wildman–Crippen MR) is 99.6 cm³/mol. The van der Waals surface area contributed by atoms with Crippen LogP contribution in [0.4, 0.5) is 5.69 Å². The van der Waals surface area contributed by atoms with Crippen LogP contribution in [0.2, 0.25) is 0 Å². The molecule has 0 bridgehead atoms. The van der Waals surface area contributed by atoms with E-state index in [9.17, 15) is 4.79 Å². The van der Waals surface area contributed by atoms with Gasteiger partial charge in [0.1, 0.15) is 11.3 Å². The lowest BCUT2D eigenvalue weighted by Crippen LogP contribution is -2.10. The maximum atomic E-state index is 12.0. The molecule has 0 aliphatic heterocycles. The molecule has 0 saturated carbocycles. The lowest BCUT2D eigenvalue weighted by atomic mass is 10.1. The molecule has 1 amide bonds. The molecular formula is C20H14N2O2S. The Morgan fingerprint density at radius 2 is 1.76 bits per heavy atom. The van der Waals surface area contributed by atoms with Crippen molar-refractivity contribution in [1.29, 1.82) is 0 Å². The van der Waals surface area contributed by atoms with Crippen LogP contribution < -0.4 is 5.32 Å². The van der Waals surface area contributed by atoms with Gasteiger partial charge in [-0.15, -0.1) is 11.3 Å². The minimum Gasteiger partial charge on any atom is -0.472 e. The van der Waals surface area contributed by atoms with E-state index >= 15 is 0 Å². The minimum atomic E-state index is -0.193. The molecule has 4 aromatic rings. The van der Waals surface area contributed by atoms with Gasteiger partial charge in [0.15, 0.2) is 0 Å². The van der Waals surface area contributed by atoms with Crippen molar-refractivity contribution in [3.63, 3.8) is 0 Å². The molecule has 2 aromatic heterocycles. The van der Waals surface area contributed by atoms with Crippen LogP contribution >= 0.6 is 11.3 Å². The van der Waals surface area contributed by atoms with E-state index in [2.05, 4.69) is 17.4 Å². The molecule has 1 N–H and O–H groups in total. The van der Waals surface area contributed by atoms with Crippen molar-refractivity contribution in [2.45, 2.75) is 0 Å². The molecule has 2 aromatic carbocycles. The SMILES string of the molecule is O=C(Nc1ccc(-c2csc(-c3ccccc3)n2)cc1)c1ccoc1. The van der Waals surface area contributed by atoms with Gasteiger partial charge in [-0.1, -0.05) is 42.5 Å². The summed E-state index contributed by atoms with van der Waals surface area (Å²) in [6.45, 7) is 0. The Morgan fingerprint density at radius 3 is 2.48 bits per heavy atom. The summed E-state index contributed by atoms with van der Waals surface area (Å²) >= 11 is 1.62. The maximum absolute atomic E-state index is 12.0. The molecule has 0 unspecified atom stereocenters. The smallest absolute Gasteiger partial charge is 0.258 e. The highest BCUT2D eigenvalue weighted by Crippen LogP contribution is 2.29. The third kappa shape index (κ3) is 3.36. The van der Waals surface area contributed by atoms with Crippen molar-refractivity contribution in [2.75, 3.05) is 5.32 Å². The molecule has 122 valence electrons. The zero-order valence-corrected chi connectivity index (χ0v) is 14.0. The number of furan rings is 1. The van der Waals surface area contributed by atoms with Gasteiger partial charge in [0.05, 0.1) is 17.5 Å². The Bertz CT molecular complexity index is 974. The molecule has 0 radical (unpaired) electrons. The molecular weight excluding hydrogens is 332 g/mol. The van der Waals surface area contributed by atoms with Gasteiger partial charge < -0.3 is 9.73 Å². The number of hydrogen-bond donors (Lipinski definition) is 1. The van der Waals surface area contributed by atoms with E-state index < -0.39 is 0 Å². The van der Waals surface area contributed by atoms with E-state index in [1.165, 1.54) is 12.5 Å². The molecule has 0 fully saturated rings. The zero-order valence-electron chi connectivity index (χ0n) is 13.2. The van der Waals surface area contributed by atoms with Crippen LogP contribution in [0.5, 0.6) is 0 Å². The van der Waals surface area contributed by atoms with Crippen LogP contribution in [0.15, 0.2) is 83.0 Å². The van der Waals surface area contributed by atoms with Gasteiger partial charge >= 0.3 is 0 Å². The summed E-state index contributed by atoms with van der Waals surface area (Å²) in [6, 6.07) is 19.4. The second-order valence-corrected chi connectivity index (χ2v) is 6.31. The van der Waals surface area contributed by atoms with Crippen LogP contribution in [0, 0.1) is 0 Å². The van der Waals surface area contributed by atoms with E-state index in [-0.39, 0.29) is 5.91 Å². The summed E-state index contributed by atoms with van der Waals surface area (Å²) < 4.78 is 4.92. The average Bonchev–Trinajstić information content (AvgIpc) is 3.35. The first-order valence-electron chi connectivity index (χ1n) is 7.74. The number of carbonyl (C=O) groups is 1. The van der Waals surface area contributed by atoms with Gasteiger partial charge in [0.2, 0.25) is 0 Å². The maximum Gasteiger partial charge on any atom is 0.258 e. The standard InChI is InChI=1S/C20H14N2O2S/c23-19(16-10-11-24-12-16)21-17-8-6-14(7-9-17)18-13-25-20(22-18)15-4-2-1-3-5-15/h1-13H,(H,21,23). The Labute approximate surface area is 148 Å². The summed E-state index contributed by atoms with van der Waals surface area (Å²) in [5.41, 5.74) is 4.28. The van der Waals surface area contributed by atoms with Crippen molar-refractivity contribution in [1.82, 2.24) is 4.98 Å². The van der Waals surface area contributed by atoms with Gasteiger partial charge in [0, 0.05) is 22.2 Å². The molecule has 5 heteroatoms. The monoisotopic (exact) mass is 346 g/mol. The molecule has 0 spiro atoms. The van der Waals surface area contributed by atoms with Gasteiger partial charge in [-0.3, -0.25) is 4.79 Å². The van der Waals surface area contributed by atoms with Crippen molar-refractivity contribution < 1.29 is 9.21 Å². The van der Waals surface area contributed by atoms with Crippen LogP contribution in [0.1, 0.15) is 10.4 Å². The first-order valence-corrected chi connectivity index (χ1v) is 8.62. The second kappa shape index (κ2) is 6.75. The number of hydrogen-bond acceptors (Lipinski definition) is 4. The number of thiazole rings is 1. The molecule has 25 heavy (non-hydrogen) atoms. The summed E-state index contributed by atoms with van der Waals surface area (Å²) in [4.78, 5) is 16.7. The van der Waals surface area contributed by atoms with Crippen molar-refractivity contribution in [3.8, 4) is 21.8 Å². The van der Waals surface area contributed by atoms with Crippen LogP contribution in [-0.2, 0) is 0 Å². The zero-order chi connectivity index (χ0) is 17.1. The Morgan fingerprint density at radius 1 is 0.960 bits per heavy atom. The Balaban J connectivity index is 1.51. The average molecular weight is 346 g/mol. The molecule has 0 aliphatic carbocycles. The highest BCUT2D eigenvalue weighted by atomic mass is 32.1. The normalized spacial score (nSPS) is 10.6. The van der Waals surface area contributed by atoms with Crippen molar-refractivity contribution >= 4 is 22.9 Å². The first-order chi connectivity index (χ1) is 12.3. The quantitative estimate of drug-likeness (QED) is 0.544. The number of carbonyl (C=O) groups excluding carboxylic acids is 1. The molecule has 4 nitrogen and oxygen atoms in total. The van der Waals surface area contributed by atoms with E-state index in [0.29, 0.717) is 5.56 Å². The third-order valence-corrected chi connectivity index (χ3v) is 4.64. The fourth-order valence-corrected chi connectivity index (χ4v) is 3.28. The predicted octanol–water partition coefficient (Wildman–Crippen LogP) is 5.32. The molecule has 0 saturated heterocycles. The fraction of sp³-hybridized carbons (Fsp3) is 0. The lowest BCUT2D eigenvalue weighted by Gasteiger charge is -2.04. The number of rotatable bonds is 4. The van der Waals surface area contributed by atoms with Gasteiger partial charge in [0.25, 0.3) is 5.91 Å². The van der Waals surface area contributed by atoms with Gasteiger partial charge in [-0.2, -0.15) is 0 Å². The largest absolute Gasteiger partial charge is 0.472 e. The number of nitrogens with one attached hydrogen (secondary N) is 1. The van der Waals surface area contributed by atoms with Crippen molar-refractivity contribution in [3.05, 3.63) is 84.1 Å². The summed E-state index contributed by atoms with van der Waals surface area (Å²) in [6.07, 6.45) is 2.90. The molecule has 0 aliphatic rings. The minimum absolute atomic E-state index is 0.193. The number of aromatic nitrogens is 1. The van der Waals surface area contributed by atoms with Crippen LogP contribution in [0.3, 0.4) is 0 Å². The van der Waals surface area contributed by atoms with Crippen LogP contribution in [-0.4, -0.2) is 10.9 Å². The topological polar surface area (TPSA) is 55.1 Å². The number of anilines is 1. The molecule has 0 atom stereocenters. The van der Waals surface area contributed by atoms with E-state index in [4.69, 9.17) is 9.40 Å². The first kappa shape index (κ1) is 15.4. The summed E-state index contributed by atoms with van der Waals surface area (Å²) in [5.74, 6) is -0.193. The Hall–Kier alpha value is -3.18. The second-order valence-electron chi connectivity index (χ2n) is 5.45. The summed E-state index contributed by atoms with van der Waals surface area (Å²) in [5, 5.41) is 5.87. The lowest BCUT2D eigenvalue weighted by molar-refractivity contribution is 0.102. The number of benzene rings is 2. The number of amides is 1. The summed E-state index contributed by atoms with van der Waals surface area (Å²) in [7, 11) is 0. The highest BCUT2D eigenvalue weighted by molar-refractivity contribution is 7.13. The number of nitrogens with zero attached hydrogens (tertiary/aromatic N) is 1. The fourth-order valence-electron chi connectivity index (χ4n) is 2.44. The molecule has 4 rings (SSSR count). The van der Waals surface area contributed by atoms with Crippen LogP contribution in [0.25, 0.3) is 21.8 Å². The van der Waals surface area contributed by atoms with E-state index in [0.717, 1.165) is 27.5 Å². The van der Waals surface area contributed by atoms with Gasteiger partial charge in [-0.05, 0) is 18.2 Å². The van der Waals surface area contributed by atoms with Crippen molar-refractivity contribution in [2.24, 2.45) is 0 Å². The molecule has 2 heterocycles. The van der Waals surface area contributed by atoms with E-state index in [1.807, 2.05) is 47.8 Å². The highest BCUT2D eigenvalue weighted by Gasteiger charge is 2.09. The Kier molecular flexibility index (Phi) is 4.14.